The maximum Gasteiger partial charge on any atom is 0.432 e. The van der Waals surface area contributed by atoms with Crippen molar-refractivity contribution in [1.29, 1.82) is 0 Å². The van der Waals surface area contributed by atoms with Gasteiger partial charge in [-0.25, -0.2) is 30.7 Å². The predicted octanol–water partition coefficient (Wildman–Crippen LogP) is 8.63. The molecule has 0 bridgehead atoms. The molecule has 0 spiro atoms. The molecule has 48 heavy (non-hydrogen) atoms. The van der Waals surface area contributed by atoms with Crippen LogP contribution in [0.1, 0.15) is 29.4 Å². The Labute approximate surface area is 264 Å². The average Bonchev–Trinajstić information content (AvgIpc) is 2.99. The lowest BCUT2D eigenvalue weighted by Gasteiger charge is -2.29. The van der Waals surface area contributed by atoms with Gasteiger partial charge in [0, 0.05) is 41.9 Å². The molecule has 0 unspecified atom stereocenters. The lowest BCUT2D eigenvalue weighted by Crippen LogP contribution is -2.29. The van der Waals surface area contributed by atoms with Crippen molar-refractivity contribution >= 4 is 0 Å². The number of halogens is 11. The number of aliphatic hydroxyl groups excluding tert-OH is 1. The Kier molecular flexibility index (Phi) is 9.89. The monoisotopic (exact) mass is 694 g/mol. The third kappa shape index (κ3) is 7.34. The van der Waals surface area contributed by atoms with Crippen molar-refractivity contribution in [2.45, 2.75) is 24.9 Å². The summed E-state index contributed by atoms with van der Waals surface area (Å²) in [6.07, 6.45) is -10.2. The Bertz CT molecular complexity index is 1760. The second-order valence-corrected chi connectivity index (χ2v) is 10.5. The Morgan fingerprint density at radius 2 is 1.23 bits per heavy atom. The minimum absolute atomic E-state index is 0.0802. The lowest BCUT2D eigenvalue weighted by molar-refractivity contribution is -0.207. The highest BCUT2D eigenvalue weighted by molar-refractivity contribution is 5.65. The number of benzene rings is 4. The molecule has 1 N–H and O–H groups in total. The fourth-order valence-electron chi connectivity index (χ4n) is 4.80. The van der Waals surface area contributed by atoms with E-state index in [1.165, 1.54) is 0 Å². The smallest absolute Gasteiger partial charge is 0.429 e. The van der Waals surface area contributed by atoms with Crippen LogP contribution in [0.15, 0.2) is 60.7 Å². The van der Waals surface area contributed by atoms with Crippen LogP contribution in [0.3, 0.4) is 0 Å². The number of alkyl halides is 4. The van der Waals surface area contributed by atoms with E-state index in [0.29, 0.717) is 36.8 Å². The van der Waals surface area contributed by atoms with Crippen molar-refractivity contribution in [3.63, 3.8) is 0 Å². The summed E-state index contributed by atoms with van der Waals surface area (Å²) in [5.41, 5.74) is -4.40. The van der Waals surface area contributed by atoms with Crippen molar-refractivity contribution < 1.29 is 72.3 Å². The lowest BCUT2D eigenvalue weighted by atomic mass is 10.0. The molecule has 4 aromatic carbocycles. The van der Waals surface area contributed by atoms with Gasteiger partial charge in [-0.2, -0.15) is 17.6 Å². The van der Waals surface area contributed by atoms with E-state index in [-0.39, 0.29) is 49.0 Å². The first kappa shape index (κ1) is 34.9. The van der Waals surface area contributed by atoms with Gasteiger partial charge in [-0.3, -0.25) is 0 Å². The van der Waals surface area contributed by atoms with Gasteiger partial charge in [0.05, 0.1) is 18.8 Å². The molecule has 1 heterocycles. The number of hydrogen-bond donors (Lipinski definition) is 1. The summed E-state index contributed by atoms with van der Waals surface area (Å²) in [4.78, 5) is 0. The quantitative estimate of drug-likeness (QED) is 0.133. The van der Waals surface area contributed by atoms with Gasteiger partial charge in [-0.1, -0.05) is 6.07 Å². The molecule has 0 atom stereocenters. The summed E-state index contributed by atoms with van der Waals surface area (Å²) in [6, 6.07) is 4.89. The molecule has 0 aliphatic carbocycles. The van der Waals surface area contributed by atoms with Gasteiger partial charge in [0.15, 0.2) is 23.7 Å². The number of aliphatic hydroxyl groups is 1. The molecule has 16 heteroatoms. The maximum absolute atomic E-state index is 15.0. The third-order valence-electron chi connectivity index (χ3n) is 7.12. The van der Waals surface area contributed by atoms with E-state index in [1.807, 2.05) is 0 Å². The van der Waals surface area contributed by atoms with E-state index >= 15 is 0 Å². The predicted molar refractivity (Wildman–Crippen MR) is 143 cm³/mol. The van der Waals surface area contributed by atoms with Gasteiger partial charge in [0.2, 0.25) is 0 Å². The molecule has 5 rings (SSSR count). The van der Waals surface area contributed by atoms with Gasteiger partial charge < -0.3 is 24.1 Å². The van der Waals surface area contributed by atoms with Crippen LogP contribution in [0, 0.1) is 46.6 Å². The van der Waals surface area contributed by atoms with Crippen LogP contribution in [0.25, 0.3) is 11.1 Å². The summed E-state index contributed by atoms with van der Waals surface area (Å²) in [5.74, 6) is -14.4. The molecule has 0 amide bonds. The summed E-state index contributed by atoms with van der Waals surface area (Å²) in [6.45, 7) is 0.0230. The highest BCUT2D eigenvalue weighted by Gasteiger charge is 2.42. The third-order valence-corrected chi connectivity index (χ3v) is 7.12. The number of rotatable bonds is 10. The van der Waals surface area contributed by atoms with Gasteiger partial charge in [0.1, 0.15) is 40.3 Å². The Balaban J connectivity index is 1.31. The van der Waals surface area contributed by atoms with Gasteiger partial charge in [-0.05, 0) is 48.4 Å². The first-order chi connectivity index (χ1) is 22.6. The average molecular weight is 694 g/mol. The SMILES string of the molecule is OCCC1COC(c2cc(F)c(C(F)(F)Oc3ccc(-c4ccc(C(F)(F)Oc5cc(F)c(F)c(F)c5)c(F)c4)c(F)c3)c(F)c2)OC1. The zero-order valence-corrected chi connectivity index (χ0v) is 24.0. The van der Waals surface area contributed by atoms with Crippen LogP contribution in [-0.4, -0.2) is 24.9 Å². The van der Waals surface area contributed by atoms with E-state index in [2.05, 4.69) is 9.47 Å². The summed E-state index contributed by atoms with van der Waals surface area (Å²) >= 11 is 0. The highest BCUT2D eigenvalue weighted by Crippen LogP contribution is 2.40. The largest absolute Gasteiger partial charge is 0.432 e. The number of hydrogen-bond acceptors (Lipinski definition) is 5. The van der Waals surface area contributed by atoms with E-state index in [4.69, 9.17) is 14.6 Å². The fourth-order valence-corrected chi connectivity index (χ4v) is 4.80. The van der Waals surface area contributed by atoms with Crippen LogP contribution in [0.4, 0.5) is 48.3 Å². The van der Waals surface area contributed by atoms with Crippen LogP contribution in [0.5, 0.6) is 11.5 Å². The number of ether oxygens (including phenoxy) is 4. The van der Waals surface area contributed by atoms with Gasteiger partial charge >= 0.3 is 12.2 Å². The van der Waals surface area contributed by atoms with Crippen LogP contribution < -0.4 is 9.47 Å². The van der Waals surface area contributed by atoms with E-state index in [0.717, 1.165) is 18.2 Å². The Morgan fingerprint density at radius 3 is 1.79 bits per heavy atom. The van der Waals surface area contributed by atoms with Gasteiger partial charge in [-0.15, -0.1) is 0 Å². The van der Waals surface area contributed by atoms with Crippen molar-refractivity contribution in [3.8, 4) is 22.6 Å². The van der Waals surface area contributed by atoms with E-state index < -0.39 is 87.4 Å². The van der Waals surface area contributed by atoms with Crippen LogP contribution >= 0.6 is 0 Å². The van der Waals surface area contributed by atoms with Crippen molar-refractivity contribution in [2.75, 3.05) is 19.8 Å². The van der Waals surface area contributed by atoms with E-state index in [1.54, 1.807) is 0 Å². The van der Waals surface area contributed by atoms with Crippen molar-refractivity contribution in [1.82, 2.24) is 0 Å². The molecule has 4 aromatic rings. The zero-order chi connectivity index (χ0) is 35.0. The van der Waals surface area contributed by atoms with Crippen LogP contribution in [-0.2, 0) is 21.7 Å². The standard InChI is InChI=1S/C32H21F11O5/c33-22-10-18(47-32(42,43)28-24(35)8-17(9-25(28)36)30-45-13-15(5-6-44)14-46-30)2-3-20(22)16-1-4-21(23(34)7-16)31(40,41)48-19-11-26(37)29(39)27(38)12-19/h1-4,7-12,15,30,44H,5-6,13-14H2. The van der Waals surface area contributed by atoms with Crippen molar-refractivity contribution in [3.05, 3.63) is 118 Å². The molecule has 1 aliphatic rings. The van der Waals surface area contributed by atoms with Crippen molar-refractivity contribution in [2.24, 2.45) is 5.92 Å². The Morgan fingerprint density at radius 1 is 0.646 bits per heavy atom. The first-order valence-corrected chi connectivity index (χ1v) is 13.8. The summed E-state index contributed by atoms with van der Waals surface area (Å²) in [5, 5.41) is 8.99. The molecular formula is C32H21F11O5. The molecule has 0 radical (unpaired) electrons. The maximum atomic E-state index is 15.0. The topological polar surface area (TPSA) is 57.2 Å². The molecule has 0 aromatic heterocycles. The summed E-state index contributed by atoms with van der Waals surface area (Å²) in [7, 11) is 0. The molecule has 256 valence electrons. The molecule has 0 saturated carbocycles. The van der Waals surface area contributed by atoms with Crippen LogP contribution in [0.2, 0.25) is 0 Å². The fraction of sp³-hybridized carbons (Fsp3) is 0.250. The second-order valence-electron chi connectivity index (χ2n) is 10.5. The zero-order valence-electron chi connectivity index (χ0n) is 24.0. The summed E-state index contributed by atoms with van der Waals surface area (Å²) < 4.78 is 178. The first-order valence-electron chi connectivity index (χ1n) is 13.8. The Hall–Kier alpha value is -4.41. The molecule has 1 fully saturated rings. The minimum atomic E-state index is -4.68. The molecule has 1 aliphatic heterocycles. The second kappa shape index (κ2) is 13.6. The molecular weight excluding hydrogens is 673 g/mol. The molecule has 1 saturated heterocycles. The van der Waals surface area contributed by atoms with Gasteiger partial charge in [0.25, 0.3) is 0 Å². The normalized spacial score (nSPS) is 17.0. The highest BCUT2D eigenvalue weighted by atomic mass is 19.3. The van der Waals surface area contributed by atoms with E-state index in [9.17, 15) is 48.3 Å². The molecule has 5 nitrogen and oxygen atoms in total. The minimum Gasteiger partial charge on any atom is -0.429 e.